The van der Waals surface area contributed by atoms with Crippen LogP contribution >= 0.6 is 34.2 Å². The van der Waals surface area contributed by atoms with Gasteiger partial charge in [0.1, 0.15) is 22.8 Å². The molecule has 0 aliphatic carbocycles. The van der Waals surface area contributed by atoms with Gasteiger partial charge >= 0.3 is 82.7 Å². The van der Waals surface area contributed by atoms with E-state index in [9.17, 15) is 52.3 Å². The summed E-state index contributed by atoms with van der Waals surface area (Å²) in [6.45, 7) is 31.2. The second-order valence-corrected chi connectivity index (χ2v) is 21.8. The second-order valence-electron chi connectivity index (χ2n) is 19.0. The van der Waals surface area contributed by atoms with Crippen LogP contribution in [0, 0.1) is 5.92 Å². The van der Waals surface area contributed by atoms with E-state index in [2.05, 4.69) is 86.0 Å². The van der Waals surface area contributed by atoms with Crippen LogP contribution in [0.1, 0.15) is 238 Å². The molecule has 0 unspecified atom stereocenters. The number of carbonyl (C=O) groups is 10. The third kappa shape index (κ3) is 37.3. The predicted octanol–water partition coefficient (Wildman–Crippen LogP) is 6.49. The Kier molecular flexibility index (Phi) is 52.8. The number of aliphatic hydroxyl groups is 2. The number of aromatic nitrogens is 10. The van der Waals surface area contributed by atoms with Crippen molar-refractivity contribution in [3.05, 3.63) is 87.3 Å². The summed E-state index contributed by atoms with van der Waals surface area (Å²) < 4.78 is 59.2. The molecule has 0 fully saturated rings. The number of methoxy groups -OCH3 is 3. The maximum absolute atomic E-state index is 11.7. The summed E-state index contributed by atoms with van der Waals surface area (Å²) in [5.41, 5.74) is 1.21. The molecule has 5 aromatic rings. The average molecular weight is 1470 g/mol. The van der Waals surface area contributed by atoms with Crippen molar-refractivity contribution in [2.75, 3.05) is 68.6 Å². The van der Waals surface area contributed by atoms with Gasteiger partial charge in [-0.1, -0.05) is 50.3 Å². The average Bonchev–Trinajstić information content (AvgIpc) is 1.73. The Morgan fingerprint density at radius 1 is 0.581 bits per heavy atom. The minimum Gasteiger partial charge on any atom is -1.00 e. The molecule has 0 radical (unpaired) electrons. The molecular weight excluding hydrogens is 1380 g/mol. The fourth-order valence-corrected chi connectivity index (χ4v) is 6.16. The topological polar surface area (TPSA) is 405 Å². The van der Waals surface area contributed by atoms with Gasteiger partial charge in [0.15, 0.2) is 34.8 Å². The fraction of sp³-hybridized carbons (Fsp3) is 0.569. The number of aliphatic hydroxyl groups excluding tert-OH is 2. The largest absolute Gasteiger partial charge is 1.00 e. The van der Waals surface area contributed by atoms with Crippen molar-refractivity contribution in [1.82, 2.24) is 49.3 Å². The number of rotatable bonds is 20. The quantitative estimate of drug-likeness (QED) is 0.0123. The number of aromatic amines is 1. The van der Waals surface area contributed by atoms with Gasteiger partial charge in [-0.3, -0.25) is 33.0 Å². The Morgan fingerprint density at radius 2 is 0.925 bits per heavy atom. The third-order valence-electron chi connectivity index (χ3n) is 9.75. The molecule has 4 N–H and O–H groups in total. The van der Waals surface area contributed by atoms with Gasteiger partial charge in [-0.05, 0) is 95.1 Å². The van der Waals surface area contributed by atoms with E-state index < -0.39 is 60.3 Å². The molecule has 31 nitrogen and oxygen atoms in total. The molecule has 5 aromatic heterocycles. The van der Waals surface area contributed by atoms with Crippen molar-refractivity contribution in [2.24, 2.45) is 5.92 Å². The van der Waals surface area contributed by atoms with Crippen LogP contribution < -0.4 is 29.6 Å². The number of H-pyrrole nitrogens is 1. The third-order valence-corrected chi connectivity index (χ3v) is 9.86. The van der Waals surface area contributed by atoms with Crippen molar-refractivity contribution in [1.29, 1.82) is 0 Å². The van der Waals surface area contributed by atoms with Crippen LogP contribution in [0.4, 0.5) is 9.18 Å². The van der Waals surface area contributed by atoms with Crippen molar-refractivity contribution in [3.63, 3.8) is 0 Å². The number of esters is 7. The molecule has 0 aliphatic rings. The summed E-state index contributed by atoms with van der Waals surface area (Å²) >= 11 is 7.20. The van der Waals surface area contributed by atoms with Gasteiger partial charge < -0.3 is 54.6 Å². The molecule has 35 heteroatoms. The summed E-state index contributed by atoms with van der Waals surface area (Å²) in [4.78, 5) is 110. The second kappa shape index (κ2) is 53.2. The van der Waals surface area contributed by atoms with Gasteiger partial charge in [-0.15, -0.1) is 0 Å². The van der Waals surface area contributed by atoms with E-state index >= 15 is 0 Å². The number of carboxylic acid groups (broad SMARTS) is 1. The van der Waals surface area contributed by atoms with Crippen LogP contribution in [-0.2, 0) is 44.5 Å². The zero-order chi connectivity index (χ0) is 72.8. The van der Waals surface area contributed by atoms with Crippen LogP contribution in [0.2, 0.25) is 0 Å². The zero-order valence-corrected chi connectivity index (χ0v) is 61.6. The molecule has 0 aromatic carbocycles. The van der Waals surface area contributed by atoms with Crippen LogP contribution in [0.25, 0.3) is 0 Å². The molecule has 0 bridgehead atoms. The van der Waals surface area contributed by atoms with Crippen molar-refractivity contribution in [2.45, 2.75) is 145 Å². The first kappa shape index (κ1) is 92.2. The number of alkyl halides is 2. The zero-order valence-electron chi connectivity index (χ0n) is 58.7. The Bertz CT molecular complexity index is 3010. The van der Waals surface area contributed by atoms with Gasteiger partial charge in [0.2, 0.25) is 0 Å². The molecule has 0 saturated heterocycles. The number of hydrogen-bond donors (Lipinski definition) is 4. The van der Waals surface area contributed by atoms with E-state index in [1.54, 1.807) is 46.2 Å². The van der Waals surface area contributed by atoms with Gasteiger partial charge in [0.05, 0.1) is 75.2 Å². The molecule has 522 valence electrons. The molecule has 0 saturated carbocycles. The molecule has 0 amide bonds. The van der Waals surface area contributed by atoms with Gasteiger partial charge in [-0.25, -0.2) is 43.2 Å². The smallest absolute Gasteiger partial charge is 1.00 e. The first-order valence-corrected chi connectivity index (χ1v) is 29.7. The van der Waals surface area contributed by atoms with E-state index in [1.165, 1.54) is 65.7 Å². The minimum absolute atomic E-state index is 0. The number of carboxylic acids is 1. The molecule has 5 rings (SSSR count). The van der Waals surface area contributed by atoms with E-state index in [4.69, 9.17) is 47.2 Å². The Hall–Kier alpha value is -7.18. The molecule has 0 aliphatic heterocycles. The monoisotopic (exact) mass is 1470 g/mol. The number of halogens is 3. The number of hydrogen-bond acceptors (Lipinski definition) is 25. The van der Waals surface area contributed by atoms with Gasteiger partial charge in [-0.2, -0.15) is 25.5 Å². The normalized spacial score (nSPS) is 9.90. The maximum atomic E-state index is 11.7. The van der Waals surface area contributed by atoms with E-state index in [0.717, 1.165) is 11.0 Å². The summed E-state index contributed by atoms with van der Waals surface area (Å²) in [6.07, 6.45) is 0.666. The van der Waals surface area contributed by atoms with Crippen molar-refractivity contribution < 1.29 is 138 Å². The van der Waals surface area contributed by atoms with E-state index in [0.29, 0.717) is 30.2 Å². The van der Waals surface area contributed by atoms with Crippen molar-refractivity contribution >= 4 is 93.7 Å². The van der Waals surface area contributed by atoms with Crippen LogP contribution in [-0.4, -0.2) is 197 Å². The predicted molar refractivity (Wildman–Crippen MR) is 343 cm³/mol. The Labute approximate surface area is 584 Å². The van der Waals surface area contributed by atoms with Gasteiger partial charge in [0, 0.05) is 71.1 Å². The van der Waals surface area contributed by atoms with Crippen LogP contribution in [0.15, 0.2) is 30.3 Å². The SMILES string of the molecule is CC(C)COC(=O)Cl.CC(C)I.CCOC(=O)c1cc(C(=O)OCC)[nH]n1.CCOC(=O)c1cc(C(=O)OCC)n(C(C)C)n1.CO.COC(=O)c1cc(C(=O)O)n(C(C)C)n1.COC(=O)c1cc(C=O)n(C(C)C)n1.COC(=O)c1cc(CO)n(C(C)C)n1.[2H]CF.[H-].[Na+]. The number of nitrogens with one attached hydrogen (secondary N) is 1. The maximum Gasteiger partial charge on any atom is 1.00 e. The molecule has 93 heavy (non-hydrogen) atoms. The van der Waals surface area contributed by atoms with E-state index in [1.807, 2.05) is 55.4 Å². The number of aromatic carboxylic acids is 1. The summed E-state index contributed by atoms with van der Waals surface area (Å²) in [6, 6.07) is 6.82. The van der Waals surface area contributed by atoms with Crippen LogP contribution in [0.5, 0.6) is 0 Å². The van der Waals surface area contributed by atoms with Crippen LogP contribution in [0.3, 0.4) is 0 Å². The van der Waals surface area contributed by atoms with Crippen molar-refractivity contribution in [3.8, 4) is 0 Å². The standard InChI is InChI=1S/C12H18N2O4.2C9H12N2O4.C9H14N2O3.C9H12N2O3.C5H9ClO2.C3H7I.CH3F.CH4O.Na.H/c1-5-17-11(15)9-7-10(12(16)18-6-2)14(13-9)8(3)4;1-5(2)11-7(8(12)13)4-6(10-11)9(14)15-3;1-3-14-8(12)6-5-7(11-10-6)9(13)15-4-2;2*1-6(2)11-7(5-12)4-8(10-11)9(13)14-3;1-4(2)3-8-5(6)7;1-3(2)4;2*1-2;;/h7-8H,5-6H2,1-4H3;4-5H,1-3H3,(H,12,13);5H,3-4H2,1-2H3,(H,10,11);4,6,12H,5H2,1-3H3;4-6H,1-3H3;4H,3H2,1-2H3;3H,1-2H3;1H3;2H,1H3;;/q;;;;;;;;;+1;-1/i;;;;;;;1D;;;. The van der Waals surface area contributed by atoms with Gasteiger partial charge in [0.25, 0.3) is 0 Å². The summed E-state index contributed by atoms with van der Waals surface area (Å²) in [5, 5.41) is 46.9. The first-order chi connectivity index (χ1) is 43.6. The molecular formula is C58H92ClFIN10NaO21. The molecule has 0 spiro atoms. The molecule has 5 heterocycles. The number of aldehydes is 1. The first-order valence-electron chi connectivity index (χ1n) is 28.8. The Balaban J connectivity index is -0.000000245. The Morgan fingerprint density at radius 3 is 1.25 bits per heavy atom. The minimum atomic E-state index is -1.12. The fourth-order valence-electron chi connectivity index (χ4n) is 6.10. The number of nitrogens with zero attached hydrogens (tertiary/aromatic N) is 9. The van der Waals surface area contributed by atoms with E-state index in [-0.39, 0.29) is 134 Å². The number of carbonyl (C=O) groups excluding carboxylic acids is 9. The summed E-state index contributed by atoms with van der Waals surface area (Å²) in [5.74, 6) is -4.56. The number of ether oxygens (including phenoxy) is 8. The summed E-state index contributed by atoms with van der Waals surface area (Å²) in [7, 11) is 3.80. The molecule has 0 atom stereocenters.